The fourth-order valence-electron chi connectivity index (χ4n) is 1.84. The van der Waals surface area contributed by atoms with Crippen molar-refractivity contribution < 1.29 is 23.5 Å². The number of nitrogens with one attached hydrogen (secondary N) is 1. The molecule has 6 nitrogen and oxygen atoms in total. The van der Waals surface area contributed by atoms with Gasteiger partial charge in [-0.25, -0.2) is 4.79 Å². The van der Waals surface area contributed by atoms with Gasteiger partial charge in [0.05, 0.1) is 24.8 Å². The molecule has 1 aromatic carbocycles. The highest BCUT2D eigenvalue weighted by Crippen LogP contribution is 2.38. The van der Waals surface area contributed by atoms with Crippen molar-refractivity contribution in [2.24, 2.45) is 0 Å². The number of Topliss-reactive ketones (excluding diaryl/α,β-unsaturated/α-hetero) is 1. The summed E-state index contributed by atoms with van der Waals surface area (Å²) in [6.07, 6.45) is -0.247. The average molecular weight is 366 g/mol. The highest BCUT2D eigenvalue weighted by molar-refractivity contribution is 6.74. The largest absolute Gasteiger partial charge is 0.543 e. The van der Waals surface area contributed by atoms with Gasteiger partial charge in [0.25, 0.3) is 0 Å². The summed E-state index contributed by atoms with van der Waals surface area (Å²) in [5.74, 6) is -0.763. The number of carbonyl (C=O) groups excluding carboxylic acids is 3. The van der Waals surface area contributed by atoms with E-state index in [2.05, 4.69) is 39.2 Å². The van der Waals surface area contributed by atoms with E-state index in [0.717, 1.165) is 0 Å². The molecule has 0 fully saturated rings. The molecule has 0 aromatic heterocycles. The predicted octanol–water partition coefficient (Wildman–Crippen LogP) is 3.77. The maximum Gasteiger partial charge on any atom is 0.340 e. The molecule has 138 valence electrons. The van der Waals surface area contributed by atoms with Gasteiger partial charge in [0, 0.05) is 0 Å². The topological polar surface area (TPSA) is 81.7 Å². The van der Waals surface area contributed by atoms with Crippen LogP contribution in [0.4, 0.5) is 5.69 Å². The van der Waals surface area contributed by atoms with E-state index in [1.165, 1.54) is 14.0 Å². The Kier molecular flexibility index (Phi) is 6.53. The van der Waals surface area contributed by atoms with E-state index in [4.69, 9.17) is 9.16 Å². The minimum atomic E-state index is -2.07. The number of benzene rings is 1. The second-order valence-electron chi connectivity index (χ2n) is 7.49. The zero-order valence-electron chi connectivity index (χ0n) is 16.0. The number of methoxy groups -OCH3 is 1. The lowest BCUT2D eigenvalue weighted by Gasteiger charge is -2.36. The van der Waals surface area contributed by atoms with Crippen molar-refractivity contribution in [2.45, 2.75) is 52.2 Å². The maximum atomic E-state index is 12.1. The van der Waals surface area contributed by atoms with Crippen molar-refractivity contribution in [1.29, 1.82) is 0 Å². The number of rotatable bonds is 6. The average Bonchev–Trinajstić information content (AvgIpc) is 2.45. The van der Waals surface area contributed by atoms with Gasteiger partial charge >= 0.3 is 5.97 Å². The molecular formula is C18H27NO5Si. The molecule has 7 heteroatoms. The standard InChI is InChI=1S/C18H27NO5Si/c1-12(20)10-16(21)19-15-9-8-13(11-14(15)17(22)23-5)24-25(6,7)18(2,3)4/h8-9,11H,10H2,1-7H3,(H,19,21). The van der Waals surface area contributed by atoms with Crippen molar-refractivity contribution in [1.82, 2.24) is 0 Å². The van der Waals surface area contributed by atoms with Crippen molar-refractivity contribution in [3.05, 3.63) is 23.8 Å². The second kappa shape index (κ2) is 7.82. The highest BCUT2D eigenvalue weighted by atomic mass is 28.4. The molecular weight excluding hydrogens is 338 g/mol. The van der Waals surface area contributed by atoms with Crippen LogP contribution >= 0.6 is 0 Å². The van der Waals surface area contributed by atoms with Crippen LogP contribution in [0.2, 0.25) is 18.1 Å². The number of ether oxygens (including phenoxy) is 1. The van der Waals surface area contributed by atoms with E-state index in [1.807, 2.05) is 0 Å². The first kappa shape index (κ1) is 20.9. The fraction of sp³-hybridized carbons (Fsp3) is 0.500. The Balaban J connectivity index is 3.16. The number of amides is 1. The summed E-state index contributed by atoms with van der Waals surface area (Å²) < 4.78 is 11.0. The smallest absolute Gasteiger partial charge is 0.340 e. The summed E-state index contributed by atoms with van der Waals surface area (Å²) >= 11 is 0. The lowest BCUT2D eigenvalue weighted by Crippen LogP contribution is -2.43. The number of hydrogen-bond donors (Lipinski definition) is 1. The first-order valence-electron chi connectivity index (χ1n) is 8.08. The molecule has 1 rings (SSSR count). The summed E-state index contributed by atoms with van der Waals surface area (Å²) in [5.41, 5.74) is 0.483. The lowest BCUT2D eigenvalue weighted by molar-refractivity contribution is -0.124. The minimum Gasteiger partial charge on any atom is -0.543 e. The van der Waals surface area contributed by atoms with Gasteiger partial charge in [0.1, 0.15) is 11.5 Å². The monoisotopic (exact) mass is 365 g/mol. The van der Waals surface area contributed by atoms with Gasteiger partial charge in [-0.2, -0.15) is 0 Å². The summed E-state index contributed by atoms with van der Waals surface area (Å²) in [6, 6.07) is 4.86. The third-order valence-electron chi connectivity index (χ3n) is 4.26. The molecule has 0 spiro atoms. The molecule has 0 aliphatic carbocycles. The first-order valence-corrected chi connectivity index (χ1v) is 11.0. The predicted molar refractivity (Wildman–Crippen MR) is 99.5 cm³/mol. The van der Waals surface area contributed by atoms with Gasteiger partial charge in [-0.1, -0.05) is 20.8 Å². The molecule has 0 saturated carbocycles. The lowest BCUT2D eigenvalue weighted by atomic mass is 10.1. The van der Waals surface area contributed by atoms with Gasteiger partial charge in [0.2, 0.25) is 14.2 Å². The van der Waals surface area contributed by atoms with Gasteiger partial charge in [0.15, 0.2) is 0 Å². The van der Waals surface area contributed by atoms with Crippen LogP contribution in [-0.4, -0.2) is 33.1 Å². The molecule has 0 atom stereocenters. The third-order valence-corrected chi connectivity index (χ3v) is 8.62. The number of esters is 1. The van der Waals surface area contributed by atoms with E-state index >= 15 is 0 Å². The van der Waals surface area contributed by atoms with Gasteiger partial charge < -0.3 is 14.5 Å². The van der Waals surface area contributed by atoms with E-state index in [1.54, 1.807) is 18.2 Å². The minimum absolute atomic E-state index is 0.00675. The van der Waals surface area contributed by atoms with E-state index in [0.29, 0.717) is 11.4 Å². The Morgan fingerprint density at radius 2 is 1.76 bits per heavy atom. The Hall–Kier alpha value is -2.15. The van der Waals surface area contributed by atoms with Crippen LogP contribution in [0.3, 0.4) is 0 Å². The molecule has 0 bridgehead atoms. The Bertz CT molecular complexity index is 677. The molecule has 1 N–H and O–H groups in total. The van der Waals surface area contributed by atoms with E-state index in [9.17, 15) is 14.4 Å². The zero-order valence-corrected chi connectivity index (χ0v) is 17.0. The molecule has 1 amide bonds. The van der Waals surface area contributed by atoms with Crippen LogP contribution in [0.1, 0.15) is 44.5 Å². The number of hydrogen-bond acceptors (Lipinski definition) is 5. The van der Waals surface area contributed by atoms with Crippen LogP contribution in [0.5, 0.6) is 5.75 Å². The van der Waals surface area contributed by atoms with Gasteiger partial charge in [-0.05, 0) is 43.3 Å². The fourth-order valence-corrected chi connectivity index (χ4v) is 2.87. The molecule has 25 heavy (non-hydrogen) atoms. The third kappa shape index (κ3) is 5.70. The van der Waals surface area contributed by atoms with Crippen LogP contribution in [0.25, 0.3) is 0 Å². The molecule has 0 heterocycles. The van der Waals surface area contributed by atoms with Crippen LogP contribution in [-0.2, 0) is 14.3 Å². The summed E-state index contributed by atoms with van der Waals surface area (Å²) in [4.78, 5) is 34.9. The molecule has 0 aliphatic rings. The maximum absolute atomic E-state index is 12.1. The van der Waals surface area contributed by atoms with Crippen molar-refractivity contribution in [3.8, 4) is 5.75 Å². The summed E-state index contributed by atoms with van der Waals surface area (Å²) in [6.45, 7) is 11.9. The Morgan fingerprint density at radius 3 is 2.24 bits per heavy atom. The van der Waals surface area contributed by atoms with Gasteiger partial charge in [-0.15, -0.1) is 0 Å². The summed E-state index contributed by atoms with van der Waals surface area (Å²) in [7, 11) is -0.800. The van der Waals surface area contributed by atoms with Crippen molar-refractivity contribution in [2.75, 3.05) is 12.4 Å². The molecule has 0 unspecified atom stereocenters. The molecule has 0 saturated heterocycles. The first-order chi connectivity index (χ1) is 11.4. The normalized spacial score (nSPS) is 11.6. The Morgan fingerprint density at radius 1 is 1.16 bits per heavy atom. The van der Waals surface area contributed by atoms with Crippen LogP contribution in [0, 0.1) is 0 Å². The van der Waals surface area contributed by atoms with Crippen LogP contribution < -0.4 is 9.74 Å². The second-order valence-corrected chi connectivity index (χ2v) is 12.2. The van der Waals surface area contributed by atoms with E-state index < -0.39 is 20.2 Å². The van der Waals surface area contributed by atoms with Gasteiger partial charge in [-0.3, -0.25) is 9.59 Å². The van der Waals surface area contributed by atoms with E-state index in [-0.39, 0.29) is 22.8 Å². The van der Waals surface area contributed by atoms with Crippen molar-refractivity contribution in [3.63, 3.8) is 0 Å². The number of anilines is 1. The Labute approximate surface area is 150 Å². The van der Waals surface area contributed by atoms with Crippen LogP contribution in [0.15, 0.2) is 18.2 Å². The zero-order chi connectivity index (χ0) is 19.4. The van der Waals surface area contributed by atoms with Crippen molar-refractivity contribution >= 4 is 31.7 Å². The SMILES string of the molecule is COC(=O)c1cc(O[Si](C)(C)C(C)(C)C)ccc1NC(=O)CC(C)=O. The number of carbonyl (C=O) groups is 3. The molecule has 0 aliphatic heterocycles. The quantitative estimate of drug-likeness (QED) is 0.471. The number of ketones is 1. The molecule has 1 aromatic rings. The highest BCUT2D eigenvalue weighted by Gasteiger charge is 2.39. The summed E-state index contributed by atoms with van der Waals surface area (Å²) in [5, 5.41) is 2.58. The molecule has 0 radical (unpaired) electrons.